The maximum absolute atomic E-state index is 12.8. The number of allylic oxidation sites excluding steroid dienone is 20. The maximum atomic E-state index is 12.8. The van der Waals surface area contributed by atoms with E-state index in [9.17, 15) is 19.5 Å². The number of nitrogens with zero attached hydrogens (tertiary/aromatic N) is 1. The molecule has 0 radical (unpaired) electrons. The molecule has 0 saturated heterocycles. The van der Waals surface area contributed by atoms with Crippen molar-refractivity contribution < 1.29 is 42.9 Å². The molecule has 9 heteroatoms. The fraction of sp³-hybridized carbons (Fsp3) is 0.589. The van der Waals surface area contributed by atoms with Crippen molar-refractivity contribution in [2.45, 2.75) is 167 Å². The van der Waals surface area contributed by atoms with E-state index in [1.807, 2.05) is 27.2 Å². The van der Waals surface area contributed by atoms with Crippen LogP contribution < -0.4 is 5.11 Å². The summed E-state index contributed by atoms with van der Waals surface area (Å²) in [6.45, 7) is 4.41. The number of carboxylic acids is 1. The molecular formula is C56H89NO8. The van der Waals surface area contributed by atoms with Gasteiger partial charge in [0, 0.05) is 12.8 Å². The summed E-state index contributed by atoms with van der Waals surface area (Å²) in [7, 11) is 5.88. The van der Waals surface area contributed by atoms with Gasteiger partial charge in [-0.3, -0.25) is 9.59 Å². The summed E-state index contributed by atoms with van der Waals surface area (Å²) in [5, 5.41) is 11.7. The Balaban J connectivity index is 4.53. The first-order chi connectivity index (χ1) is 31.6. The van der Waals surface area contributed by atoms with E-state index in [0.29, 0.717) is 30.3 Å². The molecule has 0 aromatic heterocycles. The molecule has 0 fully saturated rings. The Morgan fingerprint density at radius 2 is 0.846 bits per heavy atom. The number of carboxylic acid groups (broad SMARTS) is 1. The smallest absolute Gasteiger partial charge is 0.306 e. The van der Waals surface area contributed by atoms with Crippen LogP contribution >= 0.6 is 0 Å². The number of unbranched alkanes of at least 4 members (excludes halogenated alkanes) is 8. The molecule has 0 rings (SSSR count). The highest BCUT2D eigenvalue weighted by Gasteiger charge is 2.21. The van der Waals surface area contributed by atoms with Crippen LogP contribution in [0.1, 0.15) is 155 Å². The van der Waals surface area contributed by atoms with Gasteiger partial charge in [-0.15, -0.1) is 0 Å². The van der Waals surface area contributed by atoms with Gasteiger partial charge in [0.25, 0.3) is 0 Å². The highest BCUT2D eigenvalue weighted by atomic mass is 16.7. The van der Waals surface area contributed by atoms with Crippen molar-refractivity contribution in [2.24, 2.45) is 0 Å². The van der Waals surface area contributed by atoms with Gasteiger partial charge in [-0.05, 0) is 96.3 Å². The lowest BCUT2D eigenvalue weighted by Crippen LogP contribution is -2.44. The molecule has 0 saturated carbocycles. The number of likely N-dealkylation sites (N-methyl/N-ethyl adjacent to an activating group) is 1. The van der Waals surface area contributed by atoms with Crippen LogP contribution in [0.3, 0.4) is 0 Å². The second kappa shape index (κ2) is 46.2. The minimum absolute atomic E-state index is 0.127. The summed E-state index contributed by atoms with van der Waals surface area (Å²) < 4.78 is 22.5. The Labute approximate surface area is 396 Å². The Morgan fingerprint density at radius 3 is 1.28 bits per heavy atom. The number of hydrogen-bond acceptors (Lipinski definition) is 8. The number of quaternary nitrogens is 1. The van der Waals surface area contributed by atoms with Gasteiger partial charge in [-0.2, -0.15) is 0 Å². The van der Waals surface area contributed by atoms with Crippen LogP contribution in [0.15, 0.2) is 122 Å². The summed E-state index contributed by atoms with van der Waals surface area (Å²) in [5.74, 6) is -2.40. The van der Waals surface area contributed by atoms with E-state index in [4.69, 9.17) is 18.9 Å². The molecule has 0 aliphatic carbocycles. The predicted octanol–water partition coefficient (Wildman–Crippen LogP) is 12.4. The third-order valence-corrected chi connectivity index (χ3v) is 9.70. The van der Waals surface area contributed by atoms with E-state index in [1.165, 1.54) is 19.3 Å². The lowest BCUT2D eigenvalue weighted by molar-refractivity contribution is -0.870. The average Bonchev–Trinajstić information content (AvgIpc) is 3.27. The highest BCUT2D eigenvalue weighted by molar-refractivity contribution is 5.70. The number of hydrogen-bond donors (Lipinski definition) is 0. The minimum Gasteiger partial charge on any atom is -0.545 e. The molecular weight excluding hydrogens is 815 g/mol. The number of carbonyl (C=O) groups excluding carboxylic acids is 3. The molecule has 2 atom stereocenters. The molecule has 2 unspecified atom stereocenters. The molecule has 0 amide bonds. The van der Waals surface area contributed by atoms with Crippen LogP contribution in [0, 0.1) is 0 Å². The van der Waals surface area contributed by atoms with Gasteiger partial charge < -0.3 is 33.3 Å². The molecule has 0 N–H and O–H groups in total. The summed E-state index contributed by atoms with van der Waals surface area (Å²) in [6.07, 6.45) is 61.0. The van der Waals surface area contributed by atoms with E-state index in [1.54, 1.807) is 0 Å². The molecule has 0 aliphatic rings. The van der Waals surface area contributed by atoms with Crippen LogP contribution in [-0.2, 0) is 33.3 Å². The monoisotopic (exact) mass is 904 g/mol. The molecule has 65 heavy (non-hydrogen) atoms. The van der Waals surface area contributed by atoms with Crippen LogP contribution in [0.2, 0.25) is 0 Å². The summed E-state index contributed by atoms with van der Waals surface area (Å²) in [4.78, 5) is 37.1. The van der Waals surface area contributed by atoms with Gasteiger partial charge in [-0.1, -0.05) is 167 Å². The van der Waals surface area contributed by atoms with Gasteiger partial charge >= 0.3 is 11.9 Å². The summed E-state index contributed by atoms with van der Waals surface area (Å²) in [6, 6.07) is 0. The van der Waals surface area contributed by atoms with E-state index in [2.05, 4.69) is 129 Å². The van der Waals surface area contributed by atoms with Crippen molar-refractivity contribution in [3.8, 4) is 0 Å². The first-order valence-electron chi connectivity index (χ1n) is 24.7. The second-order valence-electron chi connectivity index (χ2n) is 17.0. The standard InChI is InChI=1S/C56H89NO8/c1-6-8-10-12-14-16-18-20-22-24-25-26-27-28-29-31-33-35-37-39-41-43-45-47-54(59)65-52(51-64-56(55(60)61)62-49-48-57(3,4)5)50-63-53(58)46-44-42-40-38-36-34-32-30-23-21-19-17-15-13-11-9-7-2/h8-11,14-17,20-23,25-26,28-29,33,35,39,41,52,56H,6-7,12-13,18-19,24,27,30-32,34,36-38,40,42-51H2,1-5H3/b10-8-,11-9-,16-14-,17-15-,22-20-,23-21-,26-25-,29-28-,35-33-,41-39-. The Kier molecular flexibility index (Phi) is 43.2. The number of aliphatic carboxylic acids is 1. The van der Waals surface area contributed by atoms with E-state index in [-0.39, 0.29) is 32.7 Å². The molecule has 366 valence electrons. The van der Waals surface area contributed by atoms with Crippen LogP contribution in [0.5, 0.6) is 0 Å². The fourth-order valence-electron chi connectivity index (χ4n) is 5.95. The Hall–Kier alpha value is -4.31. The first kappa shape index (κ1) is 60.7. The van der Waals surface area contributed by atoms with Gasteiger partial charge in [-0.25, -0.2) is 0 Å². The normalized spacial score (nSPS) is 13.9. The number of rotatable bonds is 43. The quantitative estimate of drug-likeness (QED) is 0.0196. The van der Waals surface area contributed by atoms with Crippen molar-refractivity contribution in [2.75, 3.05) is 47.5 Å². The zero-order valence-corrected chi connectivity index (χ0v) is 41.3. The molecule has 0 spiro atoms. The highest BCUT2D eigenvalue weighted by Crippen LogP contribution is 2.12. The van der Waals surface area contributed by atoms with Crippen LogP contribution in [-0.4, -0.2) is 82.3 Å². The zero-order chi connectivity index (χ0) is 47.7. The number of ether oxygens (including phenoxy) is 4. The molecule has 0 heterocycles. The van der Waals surface area contributed by atoms with Gasteiger partial charge in [0.2, 0.25) is 0 Å². The largest absolute Gasteiger partial charge is 0.545 e. The zero-order valence-electron chi connectivity index (χ0n) is 41.3. The fourth-order valence-corrected chi connectivity index (χ4v) is 5.95. The average molecular weight is 904 g/mol. The van der Waals surface area contributed by atoms with Crippen molar-refractivity contribution >= 4 is 17.9 Å². The van der Waals surface area contributed by atoms with E-state index >= 15 is 0 Å². The van der Waals surface area contributed by atoms with Crippen LogP contribution in [0.4, 0.5) is 0 Å². The van der Waals surface area contributed by atoms with Crippen molar-refractivity contribution in [1.82, 2.24) is 0 Å². The summed E-state index contributed by atoms with van der Waals surface area (Å²) in [5.41, 5.74) is 0. The van der Waals surface area contributed by atoms with Gasteiger partial charge in [0.05, 0.1) is 40.3 Å². The molecule has 9 nitrogen and oxygen atoms in total. The predicted molar refractivity (Wildman–Crippen MR) is 269 cm³/mol. The minimum atomic E-state index is -1.65. The van der Waals surface area contributed by atoms with E-state index < -0.39 is 30.3 Å². The second-order valence-corrected chi connectivity index (χ2v) is 17.0. The summed E-state index contributed by atoms with van der Waals surface area (Å²) >= 11 is 0. The SMILES string of the molecule is CC/C=C\C/C=C\C/C=C\C/C=C\C/C=C\C/C=C\C/C=C\CCCC(=O)OC(COC(=O)CCCCCCCCC/C=C\C/C=C\C/C=C\CC)COC(OCC[N+](C)(C)C)C(=O)[O-]. The lowest BCUT2D eigenvalue weighted by atomic mass is 10.1. The Bertz CT molecular complexity index is 1470. The molecule has 0 bridgehead atoms. The Morgan fingerprint density at radius 1 is 0.462 bits per heavy atom. The first-order valence-corrected chi connectivity index (χ1v) is 24.7. The van der Waals surface area contributed by atoms with Crippen LogP contribution in [0.25, 0.3) is 0 Å². The van der Waals surface area contributed by atoms with Gasteiger partial charge in [0.1, 0.15) is 13.2 Å². The van der Waals surface area contributed by atoms with Gasteiger partial charge in [0.15, 0.2) is 12.4 Å². The maximum Gasteiger partial charge on any atom is 0.306 e. The molecule has 0 aromatic rings. The third-order valence-electron chi connectivity index (χ3n) is 9.70. The topological polar surface area (TPSA) is 111 Å². The van der Waals surface area contributed by atoms with E-state index in [0.717, 1.165) is 89.9 Å². The molecule has 0 aromatic carbocycles. The number of esters is 2. The lowest BCUT2D eigenvalue weighted by Gasteiger charge is -2.26. The van der Waals surface area contributed by atoms with Crippen molar-refractivity contribution in [3.63, 3.8) is 0 Å². The van der Waals surface area contributed by atoms with Crippen molar-refractivity contribution in [1.29, 1.82) is 0 Å². The number of carbonyl (C=O) groups is 3. The molecule has 0 aliphatic heterocycles. The third kappa shape index (κ3) is 47.5. The van der Waals surface area contributed by atoms with Crippen molar-refractivity contribution in [3.05, 3.63) is 122 Å².